The zero-order valence-corrected chi connectivity index (χ0v) is 11.5. The standard InChI is InChI=1S/C16H18N2O2/c1-20-12-6-11-18-16(19)15(13-17)10-5-9-14-7-3-2-4-8-14/h2-5,7-10H,6,11-12H2,1H3,(H,18,19)/b9-5+,15-10+. The van der Waals surface area contributed by atoms with Crippen molar-refractivity contribution >= 4 is 12.0 Å². The third-order valence-electron chi connectivity index (χ3n) is 2.53. The normalized spacial score (nSPS) is 11.3. The van der Waals surface area contributed by atoms with E-state index >= 15 is 0 Å². The van der Waals surface area contributed by atoms with E-state index in [4.69, 9.17) is 10.00 Å². The number of hydrogen-bond acceptors (Lipinski definition) is 3. The molecule has 0 heterocycles. The maximum Gasteiger partial charge on any atom is 0.261 e. The molecule has 1 aromatic carbocycles. The highest BCUT2D eigenvalue weighted by Gasteiger charge is 2.06. The Hall–Kier alpha value is -2.38. The molecule has 0 fully saturated rings. The second-order valence-corrected chi connectivity index (χ2v) is 4.06. The van der Waals surface area contributed by atoms with E-state index in [1.165, 1.54) is 6.08 Å². The van der Waals surface area contributed by atoms with E-state index in [0.717, 1.165) is 12.0 Å². The van der Waals surface area contributed by atoms with Crippen LogP contribution in [0, 0.1) is 11.3 Å². The molecule has 20 heavy (non-hydrogen) atoms. The number of nitrogens with one attached hydrogen (secondary N) is 1. The maximum absolute atomic E-state index is 11.7. The minimum absolute atomic E-state index is 0.0922. The second kappa shape index (κ2) is 9.54. The van der Waals surface area contributed by atoms with Crippen molar-refractivity contribution in [3.63, 3.8) is 0 Å². The average molecular weight is 270 g/mol. The third kappa shape index (κ3) is 5.98. The average Bonchev–Trinajstić information content (AvgIpc) is 2.49. The molecule has 0 saturated carbocycles. The second-order valence-electron chi connectivity index (χ2n) is 4.06. The number of hydrogen-bond donors (Lipinski definition) is 1. The van der Waals surface area contributed by atoms with Gasteiger partial charge in [0.2, 0.25) is 0 Å². The van der Waals surface area contributed by atoms with Crippen LogP contribution in [-0.2, 0) is 9.53 Å². The van der Waals surface area contributed by atoms with Gasteiger partial charge >= 0.3 is 0 Å². The first kappa shape index (κ1) is 15.7. The Morgan fingerprint density at radius 2 is 2.15 bits per heavy atom. The molecule has 4 nitrogen and oxygen atoms in total. The van der Waals surface area contributed by atoms with Crippen LogP contribution in [0.25, 0.3) is 6.08 Å². The van der Waals surface area contributed by atoms with Gasteiger partial charge in [0.05, 0.1) is 0 Å². The smallest absolute Gasteiger partial charge is 0.261 e. The Morgan fingerprint density at radius 3 is 2.80 bits per heavy atom. The summed E-state index contributed by atoms with van der Waals surface area (Å²) in [5, 5.41) is 11.6. The van der Waals surface area contributed by atoms with Crippen molar-refractivity contribution < 1.29 is 9.53 Å². The molecular weight excluding hydrogens is 252 g/mol. The van der Waals surface area contributed by atoms with Crippen molar-refractivity contribution in [2.45, 2.75) is 6.42 Å². The quantitative estimate of drug-likeness (QED) is 0.358. The van der Waals surface area contributed by atoms with Crippen molar-refractivity contribution in [3.05, 3.63) is 53.6 Å². The molecule has 0 aliphatic rings. The predicted octanol–water partition coefficient (Wildman–Crippen LogP) is 2.30. The fourth-order valence-corrected chi connectivity index (χ4v) is 1.50. The summed E-state index contributed by atoms with van der Waals surface area (Å²) in [4.78, 5) is 11.7. The van der Waals surface area contributed by atoms with Crippen LogP contribution in [0.2, 0.25) is 0 Å². The van der Waals surface area contributed by atoms with Gasteiger partial charge in [0.15, 0.2) is 0 Å². The minimum atomic E-state index is -0.360. The van der Waals surface area contributed by atoms with Crippen LogP contribution in [0.15, 0.2) is 48.1 Å². The number of amides is 1. The molecule has 0 aliphatic carbocycles. The highest BCUT2D eigenvalue weighted by Crippen LogP contribution is 2.02. The summed E-state index contributed by atoms with van der Waals surface area (Å²) in [6.45, 7) is 1.08. The van der Waals surface area contributed by atoms with E-state index in [9.17, 15) is 4.79 Å². The lowest BCUT2D eigenvalue weighted by Gasteiger charge is -2.02. The van der Waals surface area contributed by atoms with Crippen LogP contribution in [0.5, 0.6) is 0 Å². The third-order valence-corrected chi connectivity index (χ3v) is 2.53. The van der Waals surface area contributed by atoms with Crippen molar-refractivity contribution in [3.8, 4) is 6.07 Å². The van der Waals surface area contributed by atoms with Gasteiger partial charge in [-0.25, -0.2) is 0 Å². The van der Waals surface area contributed by atoms with Gasteiger partial charge in [-0.1, -0.05) is 42.5 Å². The molecule has 0 aliphatic heterocycles. The number of carbonyl (C=O) groups is 1. The van der Waals surface area contributed by atoms with Crippen LogP contribution >= 0.6 is 0 Å². The Kier molecular flexibility index (Phi) is 7.48. The molecule has 0 spiro atoms. The first-order valence-corrected chi connectivity index (χ1v) is 6.38. The zero-order chi connectivity index (χ0) is 14.6. The molecule has 104 valence electrons. The Bertz CT molecular complexity index is 513. The summed E-state index contributed by atoms with van der Waals surface area (Å²) in [5.74, 6) is -0.360. The van der Waals surface area contributed by atoms with Gasteiger partial charge in [-0.15, -0.1) is 0 Å². The van der Waals surface area contributed by atoms with Gasteiger partial charge in [-0.2, -0.15) is 5.26 Å². The van der Waals surface area contributed by atoms with Crippen molar-refractivity contribution in [1.82, 2.24) is 5.32 Å². The minimum Gasteiger partial charge on any atom is -0.385 e. The summed E-state index contributed by atoms with van der Waals surface area (Å²) >= 11 is 0. The predicted molar refractivity (Wildman–Crippen MR) is 78.7 cm³/mol. The molecule has 0 radical (unpaired) electrons. The molecule has 0 unspecified atom stereocenters. The van der Waals surface area contributed by atoms with E-state index in [1.54, 1.807) is 13.2 Å². The van der Waals surface area contributed by atoms with Crippen molar-refractivity contribution in [2.75, 3.05) is 20.3 Å². The molecule has 0 aromatic heterocycles. The van der Waals surface area contributed by atoms with E-state index in [2.05, 4.69) is 5.32 Å². The van der Waals surface area contributed by atoms with Gasteiger partial charge in [0.1, 0.15) is 11.6 Å². The van der Waals surface area contributed by atoms with Crippen LogP contribution < -0.4 is 5.32 Å². The van der Waals surface area contributed by atoms with Crippen molar-refractivity contribution in [1.29, 1.82) is 5.26 Å². The number of nitriles is 1. The molecule has 0 saturated heterocycles. The van der Waals surface area contributed by atoms with E-state index in [-0.39, 0.29) is 11.5 Å². The van der Waals surface area contributed by atoms with Crippen LogP contribution in [-0.4, -0.2) is 26.2 Å². The Morgan fingerprint density at radius 1 is 1.40 bits per heavy atom. The Labute approximate surface area is 119 Å². The van der Waals surface area contributed by atoms with Crippen LogP contribution in [0.1, 0.15) is 12.0 Å². The van der Waals surface area contributed by atoms with Crippen LogP contribution in [0.3, 0.4) is 0 Å². The number of allylic oxidation sites excluding steroid dienone is 2. The topological polar surface area (TPSA) is 62.1 Å². The molecule has 0 bridgehead atoms. The summed E-state index contributed by atoms with van der Waals surface area (Å²) in [6.07, 6.45) is 5.78. The lowest BCUT2D eigenvalue weighted by Crippen LogP contribution is -2.26. The summed E-state index contributed by atoms with van der Waals surface area (Å²) < 4.78 is 4.88. The molecule has 1 N–H and O–H groups in total. The maximum atomic E-state index is 11.7. The highest BCUT2D eigenvalue weighted by atomic mass is 16.5. The fraction of sp³-hybridized carbons (Fsp3) is 0.250. The number of rotatable bonds is 7. The molecule has 1 amide bonds. The molecule has 0 atom stereocenters. The van der Waals surface area contributed by atoms with Gasteiger partial charge < -0.3 is 10.1 Å². The lowest BCUT2D eigenvalue weighted by atomic mass is 10.2. The van der Waals surface area contributed by atoms with Gasteiger partial charge in [-0.05, 0) is 18.1 Å². The first-order valence-electron chi connectivity index (χ1n) is 6.38. The van der Waals surface area contributed by atoms with E-state index in [0.29, 0.717) is 13.2 Å². The summed E-state index contributed by atoms with van der Waals surface area (Å²) in [5.41, 5.74) is 1.11. The van der Waals surface area contributed by atoms with Crippen LogP contribution in [0.4, 0.5) is 0 Å². The molecule has 1 rings (SSSR count). The van der Waals surface area contributed by atoms with E-state index in [1.807, 2.05) is 42.5 Å². The fourth-order valence-electron chi connectivity index (χ4n) is 1.50. The molecule has 4 heteroatoms. The van der Waals surface area contributed by atoms with Gasteiger partial charge in [0, 0.05) is 20.3 Å². The first-order chi connectivity index (χ1) is 9.77. The number of carbonyl (C=O) groups excluding carboxylic acids is 1. The SMILES string of the molecule is COCCCNC(=O)/C(C#N)=C/C=C/c1ccccc1. The van der Waals surface area contributed by atoms with Crippen molar-refractivity contribution in [2.24, 2.45) is 0 Å². The summed E-state index contributed by atoms with van der Waals surface area (Å²) in [6, 6.07) is 11.6. The number of methoxy groups -OCH3 is 1. The lowest BCUT2D eigenvalue weighted by molar-refractivity contribution is -0.117. The Balaban J connectivity index is 2.53. The van der Waals surface area contributed by atoms with Gasteiger partial charge in [-0.3, -0.25) is 4.79 Å². The van der Waals surface area contributed by atoms with Gasteiger partial charge in [0.25, 0.3) is 5.91 Å². The summed E-state index contributed by atoms with van der Waals surface area (Å²) in [7, 11) is 1.61. The number of benzene rings is 1. The van der Waals surface area contributed by atoms with E-state index < -0.39 is 0 Å². The number of ether oxygens (including phenoxy) is 1. The molecular formula is C16H18N2O2. The zero-order valence-electron chi connectivity index (χ0n) is 11.5. The number of nitrogens with zero attached hydrogens (tertiary/aromatic N) is 1. The monoisotopic (exact) mass is 270 g/mol. The molecule has 1 aromatic rings. The highest BCUT2D eigenvalue weighted by molar-refractivity contribution is 5.97. The largest absolute Gasteiger partial charge is 0.385 e.